The minimum Gasteiger partial charge on any atom is -0.504 e. The van der Waals surface area contributed by atoms with Gasteiger partial charge in [-0.1, -0.05) is 18.2 Å². The number of hydrogen-bond donors (Lipinski definition) is 2. The van der Waals surface area contributed by atoms with Crippen LogP contribution < -0.4 is 10.5 Å². The Morgan fingerprint density at radius 3 is 2.91 bits per heavy atom. The molecule has 6 heteroatoms. The van der Waals surface area contributed by atoms with Crippen LogP contribution in [0.5, 0.6) is 11.5 Å². The number of nitrogens with two attached hydrogens (primary N) is 1. The average molecular weight is 312 g/mol. The van der Waals surface area contributed by atoms with Gasteiger partial charge < -0.3 is 20.3 Å². The Bertz CT molecular complexity index is 771. The van der Waals surface area contributed by atoms with Crippen molar-refractivity contribution in [1.29, 1.82) is 0 Å². The van der Waals surface area contributed by atoms with Crippen molar-refractivity contribution in [3.8, 4) is 11.5 Å². The monoisotopic (exact) mass is 312 g/mol. The summed E-state index contributed by atoms with van der Waals surface area (Å²) in [6.45, 7) is 1.94. The van der Waals surface area contributed by atoms with Gasteiger partial charge in [0.25, 0.3) is 0 Å². The number of phenols is 1. The van der Waals surface area contributed by atoms with Crippen LogP contribution >= 0.6 is 0 Å². The Hall–Kier alpha value is -3.02. The molecule has 23 heavy (non-hydrogen) atoms. The highest BCUT2D eigenvalue weighted by Crippen LogP contribution is 2.46. The lowest BCUT2D eigenvalue weighted by molar-refractivity contribution is -0.139. The molecule has 1 atom stereocenters. The van der Waals surface area contributed by atoms with Gasteiger partial charge in [-0.15, -0.1) is 0 Å². The summed E-state index contributed by atoms with van der Waals surface area (Å²) in [6, 6.07) is 8.57. The molecule has 0 aliphatic carbocycles. The number of aromatic hydroxyl groups is 1. The maximum absolute atomic E-state index is 12.4. The molecular weight excluding hydrogens is 296 g/mol. The fourth-order valence-electron chi connectivity index (χ4n) is 2.66. The molecule has 6 nitrogen and oxygen atoms in total. The van der Waals surface area contributed by atoms with Crippen LogP contribution in [0.25, 0.3) is 0 Å². The quantitative estimate of drug-likeness (QED) is 0.842. The number of esters is 1. The van der Waals surface area contributed by atoms with Gasteiger partial charge in [-0.25, -0.2) is 4.79 Å². The molecule has 1 unspecified atom stereocenters. The smallest absolute Gasteiger partial charge is 0.340 e. The zero-order chi connectivity index (χ0) is 16.4. The average Bonchev–Trinajstić information content (AvgIpc) is 2.55. The van der Waals surface area contributed by atoms with E-state index in [1.54, 1.807) is 37.5 Å². The maximum atomic E-state index is 12.4. The highest BCUT2D eigenvalue weighted by molar-refractivity contribution is 5.92. The van der Waals surface area contributed by atoms with E-state index in [-0.39, 0.29) is 29.6 Å². The Balaban J connectivity index is 2.20. The molecule has 0 bridgehead atoms. The molecule has 1 aliphatic heterocycles. The lowest BCUT2D eigenvalue weighted by atomic mass is 9.83. The fourth-order valence-corrected chi connectivity index (χ4v) is 2.66. The molecule has 1 aliphatic rings. The van der Waals surface area contributed by atoms with Gasteiger partial charge in [0.15, 0.2) is 11.5 Å². The van der Waals surface area contributed by atoms with Gasteiger partial charge in [-0.05, 0) is 24.6 Å². The topological polar surface area (TPSA) is 94.7 Å². The summed E-state index contributed by atoms with van der Waals surface area (Å²) in [7, 11) is 0. The highest BCUT2D eigenvalue weighted by Gasteiger charge is 2.36. The van der Waals surface area contributed by atoms with Crippen molar-refractivity contribution in [2.75, 3.05) is 6.61 Å². The number of pyridine rings is 1. The number of phenolic OH excluding ortho intramolecular Hbond substituents is 1. The number of rotatable bonds is 3. The first-order valence-corrected chi connectivity index (χ1v) is 7.20. The predicted octanol–water partition coefficient (Wildman–Crippen LogP) is 2.04. The first-order chi connectivity index (χ1) is 11.1. The van der Waals surface area contributed by atoms with Crippen LogP contribution in [0.4, 0.5) is 0 Å². The molecule has 1 aromatic heterocycles. The Morgan fingerprint density at radius 1 is 1.39 bits per heavy atom. The van der Waals surface area contributed by atoms with Gasteiger partial charge in [-0.3, -0.25) is 4.98 Å². The third-order valence-corrected chi connectivity index (χ3v) is 3.61. The maximum Gasteiger partial charge on any atom is 0.340 e. The largest absolute Gasteiger partial charge is 0.504 e. The number of para-hydroxylation sites is 1. The second kappa shape index (κ2) is 6.00. The summed E-state index contributed by atoms with van der Waals surface area (Å²) in [5.74, 6) is -0.938. The van der Waals surface area contributed by atoms with Gasteiger partial charge in [-0.2, -0.15) is 0 Å². The second-order valence-corrected chi connectivity index (χ2v) is 5.02. The molecule has 1 aromatic carbocycles. The molecule has 0 saturated heterocycles. The van der Waals surface area contributed by atoms with Crippen molar-refractivity contribution in [2.24, 2.45) is 5.73 Å². The minimum absolute atomic E-state index is 0.0396. The summed E-state index contributed by atoms with van der Waals surface area (Å²) < 4.78 is 10.6. The van der Waals surface area contributed by atoms with Crippen molar-refractivity contribution in [3.05, 3.63) is 65.3 Å². The Labute approximate surface area is 133 Å². The molecule has 3 N–H and O–H groups in total. The molecule has 0 radical (unpaired) electrons. The fraction of sp³-hybridized carbons (Fsp3) is 0.176. The summed E-state index contributed by atoms with van der Waals surface area (Å²) in [5.41, 5.74) is 7.55. The zero-order valence-electron chi connectivity index (χ0n) is 12.5. The van der Waals surface area contributed by atoms with Crippen LogP contribution in [0, 0.1) is 0 Å². The first kappa shape index (κ1) is 14.9. The van der Waals surface area contributed by atoms with E-state index >= 15 is 0 Å². The molecular formula is C17H16N2O4. The number of carbonyl (C=O) groups excluding carboxylic acids is 1. The second-order valence-electron chi connectivity index (χ2n) is 5.02. The Morgan fingerprint density at radius 2 is 2.22 bits per heavy atom. The minimum atomic E-state index is -0.548. The van der Waals surface area contributed by atoms with Crippen LogP contribution in [0.3, 0.4) is 0 Å². The number of aromatic nitrogens is 1. The molecule has 0 saturated carbocycles. The molecule has 0 spiro atoms. The van der Waals surface area contributed by atoms with E-state index in [1.807, 2.05) is 6.07 Å². The zero-order valence-corrected chi connectivity index (χ0v) is 12.5. The van der Waals surface area contributed by atoms with Gasteiger partial charge in [0, 0.05) is 18.0 Å². The van der Waals surface area contributed by atoms with E-state index < -0.39 is 11.9 Å². The number of nitrogens with zero attached hydrogens (tertiary/aromatic N) is 1. The number of ether oxygens (including phenoxy) is 2. The molecule has 0 amide bonds. The van der Waals surface area contributed by atoms with Crippen molar-refractivity contribution >= 4 is 5.97 Å². The SMILES string of the molecule is CCOC(=O)C1=C(N)Oc2c(O)cccc2C1c1cccnc1. The molecule has 2 heterocycles. The molecule has 0 fully saturated rings. The van der Waals surface area contributed by atoms with Gasteiger partial charge in [0.05, 0.1) is 12.5 Å². The normalized spacial score (nSPS) is 16.5. The van der Waals surface area contributed by atoms with Crippen LogP contribution in [0.15, 0.2) is 54.2 Å². The lowest BCUT2D eigenvalue weighted by Crippen LogP contribution is -2.27. The molecule has 118 valence electrons. The standard InChI is InChI=1S/C17H16N2O4/c1-2-22-17(21)14-13(10-5-4-8-19-9-10)11-6-3-7-12(20)15(11)23-16(14)18/h3-9,13,20H,2,18H2,1H3. The summed E-state index contributed by atoms with van der Waals surface area (Å²) >= 11 is 0. The van der Waals surface area contributed by atoms with Crippen LogP contribution in [-0.4, -0.2) is 22.7 Å². The van der Waals surface area contributed by atoms with Gasteiger partial charge in [0.2, 0.25) is 5.88 Å². The van der Waals surface area contributed by atoms with Gasteiger partial charge >= 0.3 is 5.97 Å². The predicted molar refractivity (Wildman–Crippen MR) is 82.7 cm³/mol. The summed E-state index contributed by atoms with van der Waals surface area (Å²) in [5, 5.41) is 10.0. The van der Waals surface area contributed by atoms with Crippen molar-refractivity contribution < 1.29 is 19.4 Å². The molecule has 3 rings (SSSR count). The van der Waals surface area contributed by atoms with Crippen molar-refractivity contribution in [3.63, 3.8) is 0 Å². The number of fused-ring (bicyclic) bond motifs is 1. The third-order valence-electron chi connectivity index (χ3n) is 3.61. The van der Waals surface area contributed by atoms with Crippen LogP contribution in [0.1, 0.15) is 24.0 Å². The number of carbonyl (C=O) groups is 1. The first-order valence-electron chi connectivity index (χ1n) is 7.20. The van der Waals surface area contributed by atoms with E-state index in [0.29, 0.717) is 5.56 Å². The van der Waals surface area contributed by atoms with E-state index in [9.17, 15) is 9.90 Å². The van der Waals surface area contributed by atoms with Crippen molar-refractivity contribution in [1.82, 2.24) is 4.98 Å². The summed E-state index contributed by atoms with van der Waals surface area (Å²) in [4.78, 5) is 16.5. The number of hydrogen-bond acceptors (Lipinski definition) is 6. The van der Waals surface area contributed by atoms with Crippen LogP contribution in [-0.2, 0) is 9.53 Å². The van der Waals surface area contributed by atoms with E-state index in [1.165, 1.54) is 6.07 Å². The third kappa shape index (κ3) is 2.59. The van der Waals surface area contributed by atoms with Crippen LogP contribution in [0.2, 0.25) is 0 Å². The Kier molecular flexibility index (Phi) is 3.89. The van der Waals surface area contributed by atoms with Gasteiger partial charge in [0.1, 0.15) is 5.57 Å². The van der Waals surface area contributed by atoms with E-state index in [2.05, 4.69) is 4.98 Å². The number of benzene rings is 1. The lowest BCUT2D eigenvalue weighted by Gasteiger charge is -2.28. The van der Waals surface area contributed by atoms with E-state index in [0.717, 1.165) is 5.56 Å². The highest BCUT2D eigenvalue weighted by atomic mass is 16.5. The molecule has 2 aromatic rings. The van der Waals surface area contributed by atoms with E-state index in [4.69, 9.17) is 15.2 Å². The van der Waals surface area contributed by atoms with Crippen molar-refractivity contribution in [2.45, 2.75) is 12.8 Å². The summed E-state index contributed by atoms with van der Waals surface area (Å²) in [6.07, 6.45) is 3.29.